The molecule has 1 aromatic carbocycles. The number of allylic oxidation sites excluding steroid dienone is 5. The minimum Gasteiger partial charge on any atom is -0.358 e. The molecule has 0 fully saturated rings. The fourth-order valence-electron chi connectivity index (χ4n) is 2.97. The second-order valence-electron chi connectivity index (χ2n) is 6.59. The summed E-state index contributed by atoms with van der Waals surface area (Å²) >= 11 is 0. The Kier molecular flexibility index (Phi) is 7.30. The summed E-state index contributed by atoms with van der Waals surface area (Å²) in [7, 11) is 0. The number of aromatic nitrogens is 1. The highest BCUT2D eigenvalue weighted by molar-refractivity contribution is 6.01. The van der Waals surface area contributed by atoms with Gasteiger partial charge in [0.25, 0.3) is 0 Å². The number of hydrogen-bond acceptors (Lipinski definition) is 2. The first-order valence-corrected chi connectivity index (χ1v) is 9.29. The highest BCUT2D eigenvalue weighted by Crippen LogP contribution is 2.23. The summed E-state index contributed by atoms with van der Waals surface area (Å²) in [6.07, 6.45) is 7.71. The lowest BCUT2D eigenvalue weighted by molar-refractivity contribution is -0.114. The summed E-state index contributed by atoms with van der Waals surface area (Å²) in [5.41, 5.74) is 4.74. The number of ketones is 2. The van der Waals surface area contributed by atoms with Crippen LogP contribution in [0.3, 0.4) is 0 Å². The number of aryl methyl sites for hydroxylation is 1. The number of hydrogen-bond donors (Lipinski definition) is 1. The van der Waals surface area contributed by atoms with E-state index >= 15 is 0 Å². The van der Waals surface area contributed by atoms with E-state index in [4.69, 9.17) is 0 Å². The van der Waals surface area contributed by atoms with Crippen molar-refractivity contribution in [1.82, 2.24) is 4.98 Å². The van der Waals surface area contributed by atoms with Gasteiger partial charge >= 0.3 is 0 Å². The van der Waals surface area contributed by atoms with Crippen LogP contribution in [0, 0.1) is 0 Å². The highest BCUT2D eigenvalue weighted by Gasteiger charge is 2.14. The van der Waals surface area contributed by atoms with Crippen LogP contribution in [0.1, 0.15) is 54.5 Å². The molecule has 2 aromatic rings. The summed E-state index contributed by atoms with van der Waals surface area (Å²) in [6.45, 7) is 9.54. The first kappa shape index (κ1) is 20.4. The lowest BCUT2D eigenvalue weighted by atomic mass is 10.0. The van der Waals surface area contributed by atoms with Gasteiger partial charge in [-0.3, -0.25) is 9.59 Å². The SMILES string of the molecule is C=C(/C=C(\C=C/C)c1cc(C(C)=O)c(CCC)[nH]1)C(=O)Cc1ccccc1. The molecular formula is C24H27NO2. The predicted octanol–water partition coefficient (Wildman–Crippen LogP) is 5.50. The quantitative estimate of drug-likeness (QED) is 0.364. The second-order valence-corrected chi connectivity index (χ2v) is 6.59. The molecule has 0 aliphatic rings. The summed E-state index contributed by atoms with van der Waals surface area (Å²) < 4.78 is 0. The molecule has 0 spiro atoms. The Morgan fingerprint density at radius 1 is 1.19 bits per heavy atom. The van der Waals surface area contributed by atoms with Crippen molar-refractivity contribution < 1.29 is 9.59 Å². The Morgan fingerprint density at radius 2 is 1.89 bits per heavy atom. The molecule has 2 rings (SSSR count). The molecule has 0 aliphatic heterocycles. The van der Waals surface area contributed by atoms with Gasteiger partial charge < -0.3 is 4.98 Å². The standard InChI is InChI=1S/C24H27NO2/c1-5-10-20(23-16-21(18(4)26)22(25-23)11-6-2)14-17(3)24(27)15-19-12-8-7-9-13-19/h5,7-10,12-14,16,25H,3,6,11,15H2,1-2,4H3/b10-5-,20-14+. The number of rotatable bonds is 9. The van der Waals surface area contributed by atoms with Crippen LogP contribution in [0.4, 0.5) is 0 Å². The second kappa shape index (κ2) is 9.67. The van der Waals surface area contributed by atoms with Crippen LogP contribution < -0.4 is 0 Å². The number of H-pyrrole nitrogens is 1. The fourth-order valence-corrected chi connectivity index (χ4v) is 2.97. The van der Waals surface area contributed by atoms with E-state index in [9.17, 15) is 9.59 Å². The van der Waals surface area contributed by atoms with Gasteiger partial charge in [0.1, 0.15) is 0 Å². The monoisotopic (exact) mass is 361 g/mol. The minimum atomic E-state index is -0.0182. The van der Waals surface area contributed by atoms with Crippen molar-refractivity contribution in [2.45, 2.75) is 40.0 Å². The number of nitrogens with one attached hydrogen (secondary N) is 1. The molecular weight excluding hydrogens is 334 g/mol. The van der Waals surface area contributed by atoms with Crippen molar-refractivity contribution in [3.8, 4) is 0 Å². The van der Waals surface area contributed by atoms with Crippen LogP contribution in [0.25, 0.3) is 5.57 Å². The number of aromatic amines is 1. The van der Waals surface area contributed by atoms with Gasteiger partial charge in [-0.1, -0.05) is 62.4 Å². The molecule has 1 heterocycles. The average molecular weight is 361 g/mol. The molecule has 27 heavy (non-hydrogen) atoms. The Hall–Kier alpha value is -2.94. The first-order chi connectivity index (χ1) is 13.0. The summed E-state index contributed by atoms with van der Waals surface area (Å²) in [5, 5.41) is 0. The largest absolute Gasteiger partial charge is 0.358 e. The van der Waals surface area contributed by atoms with Gasteiger partial charge in [-0.05, 0) is 43.5 Å². The summed E-state index contributed by atoms with van der Waals surface area (Å²) in [5.74, 6) is 0.0232. The molecule has 3 heteroatoms. The van der Waals surface area contributed by atoms with Crippen molar-refractivity contribution in [3.63, 3.8) is 0 Å². The zero-order valence-electron chi connectivity index (χ0n) is 16.3. The van der Waals surface area contributed by atoms with Crippen LogP contribution in [0.2, 0.25) is 0 Å². The third-order valence-corrected chi connectivity index (χ3v) is 4.33. The van der Waals surface area contributed by atoms with Gasteiger partial charge in [-0.25, -0.2) is 0 Å². The molecule has 0 atom stereocenters. The normalized spacial score (nSPS) is 11.7. The topological polar surface area (TPSA) is 49.9 Å². The van der Waals surface area contributed by atoms with E-state index in [1.807, 2.05) is 55.5 Å². The van der Waals surface area contributed by atoms with Gasteiger partial charge in [0.2, 0.25) is 0 Å². The maximum absolute atomic E-state index is 12.5. The van der Waals surface area contributed by atoms with Crippen molar-refractivity contribution in [2.24, 2.45) is 0 Å². The molecule has 140 valence electrons. The molecule has 1 N–H and O–H groups in total. The number of Topliss-reactive ketones (excluding diaryl/α,β-unsaturated/α-hetero) is 2. The summed E-state index contributed by atoms with van der Waals surface area (Å²) in [4.78, 5) is 27.8. The van der Waals surface area contributed by atoms with Crippen LogP contribution in [-0.2, 0) is 17.6 Å². The number of carbonyl (C=O) groups excluding carboxylic acids is 2. The lowest BCUT2D eigenvalue weighted by Crippen LogP contribution is -2.04. The Labute approximate surface area is 161 Å². The Bertz CT molecular complexity index is 882. The molecule has 0 radical (unpaired) electrons. The molecule has 0 aliphatic carbocycles. The molecule has 0 unspecified atom stereocenters. The van der Waals surface area contributed by atoms with Gasteiger partial charge in [0.15, 0.2) is 11.6 Å². The van der Waals surface area contributed by atoms with E-state index in [-0.39, 0.29) is 11.6 Å². The maximum atomic E-state index is 12.5. The van der Waals surface area contributed by atoms with Crippen LogP contribution in [0.15, 0.2) is 66.8 Å². The predicted molar refractivity (Wildman–Crippen MR) is 112 cm³/mol. The van der Waals surface area contributed by atoms with E-state index in [0.29, 0.717) is 17.6 Å². The van der Waals surface area contributed by atoms with Gasteiger partial charge in [-0.2, -0.15) is 0 Å². The fraction of sp³-hybridized carbons (Fsp3) is 0.250. The van der Waals surface area contributed by atoms with E-state index < -0.39 is 0 Å². The van der Waals surface area contributed by atoms with Crippen molar-refractivity contribution in [1.29, 1.82) is 0 Å². The zero-order chi connectivity index (χ0) is 19.8. The van der Waals surface area contributed by atoms with E-state index in [1.54, 1.807) is 13.0 Å². The summed E-state index contributed by atoms with van der Waals surface area (Å²) in [6, 6.07) is 11.5. The minimum absolute atomic E-state index is 0.0182. The van der Waals surface area contributed by atoms with E-state index in [0.717, 1.165) is 35.4 Å². The van der Waals surface area contributed by atoms with Crippen molar-refractivity contribution >= 4 is 17.1 Å². The zero-order valence-corrected chi connectivity index (χ0v) is 16.3. The molecule has 0 amide bonds. The van der Waals surface area contributed by atoms with Gasteiger partial charge in [0, 0.05) is 28.9 Å². The van der Waals surface area contributed by atoms with Crippen LogP contribution in [0.5, 0.6) is 0 Å². The third kappa shape index (κ3) is 5.52. The smallest absolute Gasteiger partial charge is 0.166 e. The van der Waals surface area contributed by atoms with Crippen LogP contribution in [-0.4, -0.2) is 16.6 Å². The average Bonchev–Trinajstić information content (AvgIpc) is 3.06. The lowest BCUT2D eigenvalue weighted by Gasteiger charge is -2.04. The third-order valence-electron chi connectivity index (χ3n) is 4.33. The van der Waals surface area contributed by atoms with E-state index in [1.165, 1.54) is 0 Å². The van der Waals surface area contributed by atoms with Gasteiger partial charge in [0.05, 0.1) is 0 Å². The molecule has 3 nitrogen and oxygen atoms in total. The molecule has 1 aromatic heterocycles. The Morgan fingerprint density at radius 3 is 2.48 bits per heavy atom. The molecule has 0 bridgehead atoms. The molecule has 0 saturated heterocycles. The van der Waals surface area contributed by atoms with Crippen molar-refractivity contribution in [3.05, 3.63) is 89.3 Å². The maximum Gasteiger partial charge on any atom is 0.166 e. The first-order valence-electron chi connectivity index (χ1n) is 9.29. The Balaban J connectivity index is 2.30. The highest BCUT2D eigenvalue weighted by atomic mass is 16.1. The number of benzene rings is 1. The van der Waals surface area contributed by atoms with E-state index in [2.05, 4.69) is 18.5 Å². The van der Waals surface area contributed by atoms with Crippen molar-refractivity contribution in [2.75, 3.05) is 0 Å². The van der Waals surface area contributed by atoms with Gasteiger partial charge in [-0.15, -0.1) is 0 Å². The molecule has 0 saturated carbocycles. The number of carbonyl (C=O) groups is 2. The van der Waals surface area contributed by atoms with Crippen LogP contribution >= 0.6 is 0 Å².